The fraction of sp³-hybridized carbons (Fsp3) is 0.455. The van der Waals surface area contributed by atoms with Gasteiger partial charge in [-0.15, -0.1) is 11.3 Å². The van der Waals surface area contributed by atoms with Gasteiger partial charge in [-0.25, -0.2) is 0 Å². The summed E-state index contributed by atoms with van der Waals surface area (Å²) in [5.41, 5.74) is 0. The highest BCUT2D eigenvalue weighted by molar-refractivity contribution is 7.12. The summed E-state index contributed by atoms with van der Waals surface area (Å²) in [6.45, 7) is 2.01. The number of rotatable bonds is 5. The van der Waals surface area contributed by atoms with E-state index in [4.69, 9.17) is 0 Å². The number of methoxy groups -OCH3 is 1. The van der Waals surface area contributed by atoms with Gasteiger partial charge in [-0.3, -0.25) is 9.59 Å². The zero-order valence-electron chi connectivity index (χ0n) is 8.91. The normalized spacial score (nSPS) is 10.0. The molecule has 1 aromatic heterocycles. The van der Waals surface area contributed by atoms with Gasteiger partial charge in [-0.2, -0.15) is 0 Å². The van der Waals surface area contributed by atoms with Crippen LogP contribution < -0.4 is 0 Å². The van der Waals surface area contributed by atoms with E-state index in [9.17, 15) is 9.59 Å². The molecule has 0 radical (unpaired) electrons. The number of aryl methyl sites for hydroxylation is 1. The minimum Gasteiger partial charge on any atom is -0.469 e. The first kappa shape index (κ1) is 11.9. The van der Waals surface area contributed by atoms with Crippen molar-refractivity contribution < 1.29 is 14.3 Å². The Morgan fingerprint density at radius 2 is 2.07 bits per heavy atom. The van der Waals surface area contributed by atoms with E-state index in [1.54, 1.807) is 11.3 Å². The van der Waals surface area contributed by atoms with Crippen molar-refractivity contribution in [3.05, 3.63) is 21.9 Å². The van der Waals surface area contributed by atoms with E-state index in [1.165, 1.54) is 12.0 Å². The van der Waals surface area contributed by atoms with Crippen molar-refractivity contribution in [2.45, 2.75) is 26.2 Å². The lowest BCUT2D eigenvalue weighted by Gasteiger charge is -1.98. The highest BCUT2D eigenvalue weighted by atomic mass is 32.1. The molecule has 1 heterocycles. The quantitative estimate of drug-likeness (QED) is 0.722. The lowest BCUT2D eigenvalue weighted by molar-refractivity contribution is -0.141. The zero-order chi connectivity index (χ0) is 11.3. The molecule has 0 aliphatic carbocycles. The molecule has 4 heteroatoms. The van der Waals surface area contributed by atoms with Crippen LogP contribution in [0.4, 0.5) is 0 Å². The summed E-state index contributed by atoms with van der Waals surface area (Å²) in [4.78, 5) is 24.5. The van der Waals surface area contributed by atoms with Gasteiger partial charge in [0.15, 0.2) is 0 Å². The Morgan fingerprint density at radius 1 is 1.33 bits per heavy atom. The summed E-state index contributed by atoms with van der Waals surface area (Å²) in [6, 6.07) is 3.95. The fourth-order valence-electron chi connectivity index (χ4n) is 1.21. The molecule has 0 fully saturated rings. The van der Waals surface area contributed by atoms with Crippen molar-refractivity contribution in [1.29, 1.82) is 0 Å². The standard InChI is InChI=1S/C11H14O3S/c1-8-3-5-10(15-8)7-9(12)4-6-11(13)14-2/h3,5H,4,6-7H2,1-2H3. The van der Waals surface area contributed by atoms with Crippen LogP contribution in [0, 0.1) is 6.92 Å². The number of esters is 1. The number of thiophene rings is 1. The number of ketones is 1. The van der Waals surface area contributed by atoms with Gasteiger partial charge in [-0.05, 0) is 19.1 Å². The van der Waals surface area contributed by atoms with Crippen LogP contribution in [0.15, 0.2) is 12.1 Å². The summed E-state index contributed by atoms with van der Waals surface area (Å²) < 4.78 is 4.47. The summed E-state index contributed by atoms with van der Waals surface area (Å²) in [7, 11) is 1.33. The molecule has 3 nitrogen and oxygen atoms in total. The molecular weight excluding hydrogens is 212 g/mol. The first-order chi connectivity index (χ1) is 7.11. The van der Waals surface area contributed by atoms with Crippen LogP contribution >= 0.6 is 11.3 Å². The summed E-state index contributed by atoms with van der Waals surface area (Å²) >= 11 is 1.62. The van der Waals surface area contributed by atoms with E-state index in [2.05, 4.69) is 4.74 Å². The van der Waals surface area contributed by atoms with Gasteiger partial charge >= 0.3 is 5.97 Å². The summed E-state index contributed by atoms with van der Waals surface area (Å²) in [5, 5.41) is 0. The number of carbonyl (C=O) groups excluding carboxylic acids is 2. The molecule has 0 aliphatic heterocycles. The molecular formula is C11H14O3S. The number of carbonyl (C=O) groups is 2. The van der Waals surface area contributed by atoms with E-state index in [1.807, 2.05) is 19.1 Å². The van der Waals surface area contributed by atoms with Crippen molar-refractivity contribution in [1.82, 2.24) is 0 Å². The Balaban J connectivity index is 2.33. The zero-order valence-corrected chi connectivity index (χ0v) is 9.73. The maximum absolute atomic E-state index is 11.4. The largest absolute Gasteiger partial charge is 0.469 e. The van der Waals surface area contributed by atoms with Crippen LogP contribution in [-0.2, 0) is 20.7 Å². The van der Waals surface area contributed by atoms with Crippen LogP contribution in [-0.4, -0.2) is 18.9 Å². The first-order valence-electron chi connectivity index (χ1n) is 4.75. The maximum atomic E-state index is 11.4. The van der Waals surface area contributed by atoms with Crippen molar-refractivity contribution >= 4 is 23.1 Å². The molecule has 0 saturated heterocycles. The van der Waals surface area contributed by atoms with Gasteiger partial charge in [0.25, 0.3) is 0 Å². The monoisotopic (exact) mass is 226 g/mol. The predicted molar refractivity (Wildman–Crippen MR) is 59.0 cm³/mol. The second-order valence-corrected chi connectivity index (χ2v) is 4.68. The van der Waals surface area contributed by atoms with E-state index >= 15 is 0 Å². The minimum absolute atomic E-state index is 0.0854. The third-order valence-corrected chi connectivity index (χ3v) is 3.00. The van der Waals surface area contributed by atoms with Crippen LogP contribution in [0.1, 0.15) is 22.6 Å². The van der Waals surface area contributed by atoms with Crippen molar-refractivity contribution in [3.8, 4) is 0 Å². The molecule has 0 atom stereocenters. The number of hydrogen-bond donors (Lipinski definition) is 0. The number of hydrogen-bond acceptors (Lipinski definition) is 4. The van der Waals surface area contributed by atoms with E-state index in [-0.39, 0.29) is 24.6 Å². The Bertz CT molecular complexity index is 354. The Morgan fingerprint density at radius 3 is 2.60 bits per heavy atom. The molecule has 82 valence electrons. The second-order valence-electron chi connectivity index (χ2n) is 3.30. The third-order valence-electron chi connectivity index (χ3n) is 2.00. The van der Waals surface area contributed by atoms with E-state index < -0.39 is 0 Å². The minimum atomic E-state index is -0.328. The molecule has 0 spiro atoms. The van der Waals surface area contributed by atoms with Gasteiger partial charge in [0, 0.05) is 22.6 Å². The van der Waals surface area contributed by atoms with E-state index in [0.717, 1.165) is 4.88 Å². The third kappa shape index (κ3) is 4.25. The molecule has 0 saturated carbocycles. The average Bonchev–Trinajstić information content (AvgIpc) is 2.60. The van der Waals surface area contributed by atoms with Gasteiger partial charge < -0.3 is 4.74 Å². The molecule has 1 aromatic rings. The van der Waals surface area contributed by atoms with Gasteiger partial charge in [0.05, 0.1) is 13.5 Å². The summed E-state index contributed by atoms with van der Waals surface area (Å²) in [5.74, 6) is -0.243. The lowest BCUT2D eigenvalue weighted by atomic mass is 10.1. The first-order valence-corrected chi connectivity index (χ1v) is 5.57. The van der Waals surface area contributed by atoms with Crippen LogP contribution in [0.5, 0.6) is 0 Å². The van der Waals surface area contributed by atoms with Gasteiger partial charge in [-0.1, -0.05) is 0 Å². The second kappa shape index (κ2) is 5.66. The van der Waals surface area contributed by atoms with E-state index in [0.29, 0.717) is 6.42 Å². The lowest BCUT2D eigenvalue weighted by Crippen LogP contribution is -2.07. The fourth-order valence-corrected chi connectivity index (χ4v) is 2.13. The summed E-state index contributed by atoms with van der Waals surface area (Å²) in [6.07, 6.45) is 0.874. The molecule has 0 amide bonds. The highest BCUT2D eigenvalue weighted by Gasteiger charge is 2.08. The number of Topliss-reactive ketones (excluding diaryl/α,β-unsaturated/α-hetero) is 1. The molecule has 1 rings (SSSR count). The molecule has 0 N–H and O–H groups in total. The molecule has 15 heavy (non-hydrogen) atoms. The number of ether oxygens (including phenoxy) is 1. The van der Waals surface area contributed by atoms with Gasteiger partial charge in [0.1, 0.15) is 5.78 Å². The van der Waals surface area contributed by atoms with Crippen LogP contribution in [0.2, 0.25) is 0 Å². The Hall–Kier alpha value is -1.16. The highest BCUT2D eigenvalue weighted by Crippen LogP contribution is 2.16. The SMILES string of the molecule is COC(=O)CCC(=O)Cc1ccc(C)s1. The van der Waals surface area contributed by atoms with Crippen molar-refractivity contribution in [2.75, 3.05) is 7.11 Å². The average molecular weight is 226 g/mol. The molecule has 0 bridgehead atoms. The maximum Gasteiger partial charge on any atom is 0.305 e. The molecule has 0 aromatic carbocycles. The topological polar surface area (TPSA) is 43.4 Å². The molecule has 0 aliphatic rings. The van der Waals surface area contributed by atoms with Crippen LogP contribution in [0.3, 0.4) is 0 Å². The Kier molecular flexibility index (Phi) is 4.49. The Labute approximate surface area is 93.1 Å². The van der Waals surface area contributed by atoms with Crippen molar-refractivity contribution in [3.63, 3.8) is 0 Å². The van der Waals surface area contributed by atoms with Crippen molar-refractivity contribution in [2.24, 2.45) is 0 Å². The smallest absolute Gasteiger partial charge is 0.305 e. The van der Waals surface area contributed by atoms with Gasteiger partial charge in [0.2, 0.25) is 0 Å². The predicted octanol–water partition coefficient (Wildman–Crippen LogP) is 2.12. The van der Waals surface area contributed by atoms with Crippen LogP contribution in [0.25, 0.3) is 0 Å². The molecule has 0 unspecified atom stereocenters.